The van der Waals surface area contributed by atoms with Crippen LogP contribution in [0.25, 0.3) is 11.0 Å². The van der Waals surface area contributed by atoms with E-state index in [0.29, 0.717) is 26.6 Å². The standard InChI is InChI=1S/C14H8Br2ClFN2O/c15-6-1-2-10(18)8(3-6)13(17)7-4-11-12(5-9(7)16)20-14(21)19-11/h1-5,13H,(H2,19,20,21). The van der Waals surface area contributed by atoms with Gasteiger partial charge in [0.2, 0.25) is 0 Å². The Morgan fingerprint density at radius 3 is 2.43 bits per heavy atom. The quantitative estimate of drug-likeness (QED) is 0.557. The molecule has 0 radical (unpaired) electrons. The fourth-order valence-corrected chi connectivity index (χ4v) is 3.57. The molecule has 3 rings (SSSR count). The van der Waals surface area contributed by atoms with Gasteiger partial charge >= 0.3 is 5.69 Å². The maximum atomic E-state index is 14.0. The van der Waals surface area contributed by atoms with E-state index in [1.807, 2.05) is 0 Å². The van der Waals surface area contributed by atoms with Crippen molar-refractivity contribution in [3.63, 3.8) is 0 Å². The Hall–Kier alpha value is -1.11. The van der Waals surface area contributed by atoms with Gasteiger partial charge in [-0.1, -0.05) is 31.9 Å². The third-order valence-corrected chi connectivity index (χ3v) is 4.79. The van der Waals surface area contributed by atoms with Crippen LogP contribution in [-0.2, 0) is 0 Å². The SMILES string of the molecule is O=c1[nH]c2cc(Br)c(C(Cl)c3cc(Br)ccc3F)cc2[nH]1. The Morgan fingerprint density at radius 1 is 1.05 bits per heavy atom. The summed E-state index contributed by atoms with van der Waals surface area (Å²) >= 11 is 13.2. The molecule has 0 fully saturated rings. The number of aromatic nitrogens is 2. The fraction of sp³-hybridized carbons (Fsp3) is 0.0714. The van der Waals surface area contributed by atoms with Gasteiger partial charge < -0.3 is 9.97 Å². The van der Waals surface area contributed by atoms with Crippen molar-refractivity contribution in [1.82, 2.24) is 9.97 Å². The topological polar surface area (TPSA) is 48.6 Å². The number of imidazole rings is 1. The summed E-state index contributed by atoms with van der Waals surface area (Å²) in [7, 11) is 0. The van der Waals surface area contributed by atoms with Gasteiger partial charge in [-0.15, -0.1) is 11.6 Å². The molecule has 21 heavy (non-hydrogen) atoms. The molecule has 108 valence electrons. The second-order valence-corrected chi connectivity index (χ2v) is 6.73. The molecular weight excluding hydrogens is 426 g/mol. The average Bonchev–Trinajstić information content (AvgIpc) is 2.79. The molecule has 0 bridgehead atoms. The molecule has 0 amide bonds. The highest BCUT2D eigenvalue weighted by Gasteiger charge is 2.19. The van der Waals surface area contributed by atoms with Gasteiger partial charge in [0.25, 0.3) is 0 Å². The van der Waals surface area contributed by atoms with Crippen molar-refractivity contribution < 1.29 is 4.39 Å². The number of H-pyrrole nitrogens is 2. The van der Waals surface area contributed by atoms with E-state index in [9.17, 15) is 9.18 Å². The maximum absolute atomic E-state index is 14.0. The first-order valence-corrected chi connectivity index (χ1v) is 7.98. The average molecular weight is 434 g/mol. The number of nitrogens with one attached hydrogen (secondary N) is 2. The van der Waals surface area contributed by atoms with Crippen LogP contribution >= 0.6 is 43.5 Å². The first-order valence-electron chi connectivity index (χ1n) is 5.96. The van der Waals surface area contributed by atoms with Crippen LogP contribution in [0.15, 0.2) is 44.1 Å². The van der Waals surface area contributed by atoms with Crippen molar-refractivity contribution in [3.05, 3.63) is 66.7 Å². The lowest BCUT2D eigenvalue weighted by molar-refractivity contribution is 0.612. The fourth-order valence-electron chi connectivity index (χ4n) is 2.14. The molecule has 0 aliphatic heterocycles. The second-order valence-electron chi connectivity index (χ2n) is 4.53. The van der Waals surface area contributed by atoms with Gasteiger partial charge in [0.15, 0.2) is 0 Å². The van der Waals surface area contributed by atoms with E-state index in [2.05, 4.69) is 41.8 Å². The van der Waals surface area contributed by atoms with Crippen molar-refractivity contribution in [3.8, 4) is 0 Å². The lowest BCUT2D eigenvalue weighted by atomic mass is 10.0. The molecule has 3 aromatic rings. The maximum Gasteiger partial charge on any atom is 0.323 e. The monoisotopic (exact) mass is 432 g/mol. The number of hydrogen-bond acceptors (Lipinski definition) is 1. The molecule has 0 spiro atoms. The predicted molar refractivity (Wildman–Crippen MR) is 88.4 cm³/mol. The lowest BCUT2D eigenvalue weighted by Crippen LogP contribution is -1.99. The van der Waals surface area contributed by atoms with E-state index >= 15 is 0 Å². The highest BCUT2D eigenvalue weighted by Crippen LogP contribution is 2.37. The third kappa shape index (κ3) is 2.80. The number of alkyl halides is 1. The summed E-state index contributed by atoms with van der Waals surface area (Å²) in [6.45, 7) is 0. The molecular formula is C14H8Br2ClFN2O. The highest BCUT2D eigenvalue weighted by molar-refractivity contribution is 9.10. The summed E-state index contributed by atoms with van der Waals surface area (Å²) in [5.41, 5.74) is 2.03. The van der Waals surface area contributed by atoms with Crippen LogP contribution in [0, 0.1) is 5.82 Å². The van der Waals surface area contributed by atoms with Crippen LogP contribution in [0.4, 0.5) is 4.39 Å². The summed E-state index contributed by atoms with van der Waals surface area (Å²) in [4.78, 5) is 16.6. The molecule has 0 aliphatic carbocycles. The molecule has 3 nitrogen and oxygen atoms in total. The van der Waals surface area contributed by atoms with Gasteiger partial charge in [-0.25, -0.2) is 9.18 Å². The zero-order valence-electron chi connectivity index (χ0n) is 10.4. The Labute approximate surface area is 140 Å². The van der Waals surface area contributed by atoms with E-state index in [0.717, 1.165) is 4.47 Å². The van der Waals surface area contributed by atoms with E-state index < -0.39 is 5.38 Å². The van der Waals surface area contributed by atoms with E-state index in [4.69, 9.17) is 11.6 Å². The number of hydrogen-bond donors (Lipinski definition) is 2. The first-order chi connectivity index (χ1) is 9.95. The Kier molecular flexibility index (Phi) is 3.94. The zero-order chi connectivity index (χ0) is 15.1. The van der Waals surface area contributed by atoms with Crippen LogP contribution in [0.3, 0.4) is 0 Å². The predicted octanol–water partition coefficient (Wildman–Crippen LogP) is 4.85. The molecule has 2 aromatic carbocycles. The van der Waals surface area contributed by atoms with E-state index in [-0.39, 0.29) is 11.5 Å². The summed E-state index contributed by atoms with van der Waals surface area (Å²) in [6, 6.07) is 8.09. The van der Waals surface area contributed by atoms with E-state index in [1.54, 1.807) is 24.3 Å². The molecule has 1 unspecified atom stereocenters. The Morgan fingerprint density at radius 2 is 1.71 bits per heavy atom. The summed E-state index contributed by atoms with van der Waals surface area (Å²) in [6.07, 6.45) is 0. The van der Waals surface area contributed by atoms with Gasteiger partial charge in [-0.3, -0.25) is 0 Å². The van der Waals surface area contributed by atoms with Crippen LogP contribution in [0.1, 0.15) is 16.5 Å². The minimum absolute atomic E-state index is 0.297. The molecule has 0 saturated carbocycles. The molecule has 1 atom stereocenters. The largest absolute Gasteiger partial charge is 0.323 e. The van der Waals surface area contributed by atoms with Gasteiger partial charge in [-0.05, 0) is 35.9 Å². The highest BCUT2D eigenvalue weighted by atomic mass is 79.9. The van der Waals surface area contributed by atoms with Crippen LogP contribution in [-0.4, -0.2) is 9.97 Å². The summed E-state index contributed by atoms with van der Waals surface area (Å²) in [5.74, 6) is -0.382. The zero-order valence-corrected chi connectivity index (χ0v) is 14.3. The second kappa shape index (κ2) is 5.59. The van der Waals surface area contributed by atoms with Gasteiger partial charge in [0, 0.05) is 14.5 Å². The number of benzene rings is 2. The van der Waals surface area contributed by atoms with Gasteiger partial charge in [-0.2, -0.15) is 0 Å². The van der Waals surface area contributed by atoms with Crippen LogP contribution in [0.5, 0.6) is 0 Å². The first kappa shape index (κ1) is 14.8. The smallest absolute Gasteiger partial charge is 0.306 e. The Balaban J connectivity index is 2.16. The number of rotatable bonds is 2. The minimum atomic E-state index is -0.681. The molecule has 2 N–H and O–H groups in total. The molecule has 0 saturated heterocycles. The van der Waals surface area contributed by atoms with Crippen molar-refractivity contribution in [2.24, 2.45) is 0 Å². The van der Waals surface area contributed by atoms with Crippen LogP contribution in [0.2, 0.25) is 0 Å². The third-order valence-electron chi connectivity index (χ3n) is 3.14. The van der Waals surface area contributed by atoms with Crippen molar-refractivity contribution in [2.45, 2.75) is 5.38 Å². The number of aromatic amines is 2. The molecule has 1 heterocycles. The van der Waals surface area contributed by atoms with Gasteiger partial charge in [0.05, 0.1) is 16.4 Å². The summed E-state index contributed by atoms with van der Waals surface area (Å²) in [5, 5.41) is -0.681. The molecule has 1 aromatic heterocycles. The summed E-state index contributed by atoms with van der Waals surface area (Å²) < 4.78 is 15.4. The molecule has 0 aliphatic rings. The normalized spacial score (nSPS) is 12.8. The van der Waals surface area contributed by atoms with Crippen molar-refractivity contribution in [2.75, 3.05) is 0 Å². The lowest BCUT2D eigenvalue weighted by Gasteiger charge is -2.14. The Bertz CT molecular complexity index is 890. The number of fused-ring (bicyclic) bond motifs is 1. The van der Waals surface area contributed by atoms with Gasteiger partial charge in [0.1, 0.15) is 5.82 Å². The minimum Gasteiger partial charge on any atom is -0.306 e. The van der Waals surface area contributed by atoms with Crippen LogP contribution < -0.4 is 5.69 Å². The molecule has 7 heteroatoms. The van der Waals surface area contributed by atoms with Crippen molar-refractivity contribution in [1.29, 1.82) is 0 Å². The van der Waals surface area contributed by atoms with E-state index in [1.165, 1.54) is 6.07 Å². The number of halogens is 4. The van der Waals surface area contributed by atoms with Crippen molar-refractivity contribution >= 4 is 54.5 Å².